The number of nitrogens with one attached hydrogen (secondary N) is 1. The number of nitrogens with zero attached hydrogens (tertiary/aromatic N) is 4. The van der Waals surface area contributed by atoms with Gasteiger partial charge < -0.3 is 15.6 Å². The summed E-state index contributed by atoms with van der Waals surface area (Å²) < 4.78 is 0. The Morgan fingerprint density at radius 2 is 2.00 bits per heavy atom. The maximum absolute atomic E-state index is 11.1. The van der Waals surface area contributed by atoms with Gasteiger partial charge in [0, 0.05) is 19.0 Å². The average Bonchev–Trinajstić information content (AvgIpc) is 3.19. The Morgan fingerprint density at radius 1 is 1.15 bits per heavy atom. The molecule has 1 saturated heterocycles. The standard InChI is InChI=1S/C19H20N6O/c20-18(26)15-8-9-17(24-23-15)25-10-4-7-14(12-25)19-21-11-16(22-19)13-5-2-1-3-6-13/h1-3,5-6,8-9,11,14H,4,7,10,12H2,(H2,20,26)(H,21,22)/t14-/m0/s1. The van der Waals surface area contributed by atoms with Gasteiger partial charge in [0.15, 0.2) is 11.5 Å². The number of amides is 1. The van der Waals surface area contributed by atoms with Gasteiger partial charge in [0.25, 0.3) is 5.91 Å². The largest absolute Gasteiger partial charge is 0.364 e. The topological polar surface area (TPSA) is 101 Å². The van der Waals surface area contributed by atoms with E-state index in [0.717, 1.165) is 48.8 Å². The number of hydrogen-bond donors (Lipinski definition) is 2. The van der Waals surface area contributed by atoms with E-state index in [1.165, 1.54) is 0 Å². The van der Waals surface area contributed by atoms with Gasteiger partial charge in [-0.05, 0) is 30.5 Å². The highest BCUT2D eigenvalue weighted by Gasteiger charge is 2.25. The molecule has 0 bridgehead atoms. The van der Waals surface area contributed by atoms with Gasteiger partial charge in [0.2, 0.25) is 0 Å². The van der Waals surface area contributed by atoms with Crippen LogP contribution in [-0.4, -0.2) is 39.2 Å². The fourth-order valence-electron chi connectivity index (χ4n) is 3.34. The second-order valence-corrected chi connectivity index (χ2v) is 6.47. The molecule has 7 nitrogen and oxygen atoms in total. The van der Waals surface area contributed by atoms with Crippen molar-refractivity contribution >= 4 is 11.7 Å². The van der Waals surface area contributed by atoms with Crippen LogP contribution in [0.25, 0.3) is 11.3 Å². The van der Waals surface area contributed by atoms with Crippen molar-refractivity contribution in [3.05, 3.63) is 60.2 Å². The molecule has 1 aliphatic rings. The summed E-state index contributed by atoms with van der Waals surface area (Å²) in [6.07, 6.45) is 4.02. The highest BCUT2D eigenvalue weighted by Crippen LogP contribution is 2.29. The van der Waals surface area contributed by atoms with E-state index in [4.69, 9.17) is 5.73 Å². The minimum Gasteiger partial charge on any atom is -0.364 e. The maximum Gasteiger partial charge on any atom is 0.269 e. The summed E-state index contributed by atoms with van der Waals surface area (Å²) in [5, 5.41) is 8.05. The number of aromatic nitrogens is 4. The van der Waals surface area contributed by atoms with E-state index < -0.39 is 5.91 Å². The number of primary amides is 1. The number of hydrogen-bond acceptors (Lipinski definition) is 5. The van der Waals surface area contributed by atoms with Gasteiger partial charge in [-0.25, -0.2) is 4.98 Å². The number of piperidine rings is 1. The molecular formula is C19H20N6O. The SMILES string of the molecule is NC(=O)c1ccc(N2CCC[C@H](c3ncc(-c4ccccc4)[nH]3)C2)nn1. The summed E-state index contributed by atoms with van der Waals surface area (Å²) >= 11 is 0. The third-order valence-electron chi connectivity index (χ3n) is 4.72. The first-order valence-electron chi connectivity index (χ1n) is 8.69. The van der Waals surface area contributed by atoms with E-state index in [0.29, 0.717) is 5.92 Å². The molecule has 4 rings (SSSR count). The third-order valence-corrected chi connectivity index (χ3v) is 4.72. The summed E-state index contributed by atoms with van der Waals surface area (Å²) in [5.41, 5.74) is 7.57. The van der Waals surface area contributed by atoms with E-state index in [9.17, 15) is 4.79 Å². The molecule has 1 fully saturated rings. The average molecular weight is 348 g/mol. The van der Waals surface area contributed by atoms with Crippen molar-refractivity contribution in [2.24, 2.45) is 5.73 Å². The van der Waals surface area contributed by atoms with Crippen molar-refractivity contribution in [3.8, 4) is 11.3 Å². The molecule has 0 spiro atoms. The molecule has 2 aromatic heterocycles. The number of H-pyrrole nitrogens is 1. The Morgan fingerprint density at radius 3 is 2.73 bits per heavy atom. The van der Waals surface area contributed by atoms with Crippen LogP contribution in [0.1, 0.15) is 35.1 Å². The van der Waals surface area contributed by atoms with Crippen LogP contribution in [-0.2, 0) is 0 Å². The second kappa shape index (κ2) is 6.95. The maximum atomic E-state index is 11.1. The van der Waals surface area contributed by atoms with Gasteiger partial charge in [0.1, 0.15) is 5.82 Å². The molecule has 26 heavy (non-hydrogen) atoms. The van der Waals surface area contributed by atoms with Crippen LogP contribution in [0.15, 0.2) is 48.7 Å². The number of aromatic amines is 1. The predicted octanol–water partition coefficient (Wildman–Crippen LogP) is 2.35. The Bertz CT molecular complexity index is 890. The fraction of sp³-hybridized carbons (Fsp3) is 0.263. The van der Waals surface area contributed by atoms with Crippen LogP contribution in [0, 0.1) is 0 Å². The molecule has 3 aromatic rings. The molecule has 1 atom stereocenters. The lowest BCUT2D eigenvalue weighted by atomic mass is 9.97. The monoisotopic (exact) mass is 348 g/mol. The smallest absolute Gasteiger partial charge is 0.269 e. The zero-order chi connectivity index (χ0) is 17.9. The number of carbonyl (C=O) groups is 1. The van der Waals surface area contributed by atoms with Crippen LogP contribution in [0.4, 0.5) is 5.82 Å². The molecule has 132 valence electrons. The Balaban J connectivity index is 1.50. The lowest BCUT2D eigenvalue weighted by Gasteiger charge is -2.32. The molecule has 1 aliphatic heterocycles. The molecule has 0 saturated carbocycles. The highest BCUT2D eigenvalue weighted by molar-refractivity contribution is 5.90. The van der Waals surface area contributed by atoms with Crippen molar-refractivity contribution in [1.82, 2.24) is 20.2 Å². The number of rotatable bonds is 4. The Labute approximate surface area is 151 Å². The molecule has 7 heteroatoms. The zero-order valence-corrected chi connectivity index (χ0v) is 14.3. The number of anilines is 1. The molecule has 3 heterocycles. The van der Waals surface area contributed by atoms with Crippen molar-refractivity contribution in [2.75, 3.05) is 18.0 Å². The predicted molar refractivity (Wildman–Crippen MR) is 98.8 cm³/mol. The van der Waals surface area contributed by atoms with Gasteiger partial charge in [-0.1, -0.05) is 30.3 Å². The van der Waals surface area contributed by atoms with E-state index >= 15 is 0 Å². The summed E-state index contributed by atoms with van der Waals surface area (Å²) in [4.78, 5) is 21.4. The number of nitrogens with two attached hydrogens (primary N) is 1. The van der Waals surface area contributed by atoms with Gasteiger partial charge in [-0.15, -0.1) is 10.2 Å². The molecule has 0 aliphatic carbocycles. The minimum atomic E-state index is -0.565. The van der Waals surface area contributed by atoms with Crippen LogP contribution in [0.2, 0.25) is 0 Å². The summed E-state index contributed by atoms with van der Waals surface area (Å²) in [6.45, 7) is 1.72. The van der Waals surface area contributed by atoms with Crippen molar-refractivity contribution in [3.63, 3.8) is 0 Å². The second-order valence-electron chi connectivity index (χ2n) is 6.47. The number of imidazole rings is 1. The molecule has 1 amide bonds. The molecule has 1 aromatic carbocycles. The molecular weight excluding hydrogens is 328 g/mol. The van der Waals surface area contributed by atoms with Crippen LogP contribution in [0.3, 0.4) is 0 Å². The van der Waals surface area contributed by atoms with Gasteiger partial charge in [-0.2, -0.15) is 0 Å². The van der Waals surface area contributed by atoms with Crippen LogP contribution < -0.4 is 10.6 Å². The minimum absolute atomic E-state index is 0.181. The van der Waals surface area contributed by atoms with Crippen LogP contribution in [0.5, 0.6) is 0 Å². The van der Waals surface area contributed by atoms with E-state index in [-0.39, 0.29) is 5.69 Å². The van der Waals surface area contributed by atoms with E-state index in [1.807, 2.05) is 24.4 Å². The van der Waals surface area contributed by atoms with E-state index in [1.54, 1.807) is 12.1 Å². The first-order valence-corrected chi connectivity index (χ1v) is 8.69. The molecule has 0 unspecified atom stereocenters. The summed E-state index contributed by atoms with van der Waals surface area (Å²) in [6, 6.07) is 13.6. The first kappa shape index (κ1) is 16.3. The van der Waals surface area contributed by atoms with Crippen molar-refractivity contribution < 1.29 is 4.79 Å². The quantitative estimate of drug-likeness (QED) is 0.754. The lowest BCUT2D eigenvalue weighted by Crippen LogP contribution is -2.35. The van der Waals surface area contributed by atoms with Gasteiger partial charge >= 0.3 is 0 Å². The highest BCUT2D eigenvalue weighted by atomic mass is 16.1. The normalized spacial score (nSPS) is 17.2. The molecule has 0 radical (unpaired) electrons. The lowest BCUT2D eigenvalue weighted by molar-refractivity contribution is 0.0994. The number of carbonyl (C=O) groups excluding carboxylic acids is 1. The summed E-state index contributed by atoms with van der Waals surface area (Å²) in [7, 11) is 0. The number of benzene rings is 1. The van der Waals surface area contributed by atoms with E-state index in [2.05, 4.69) is 37.2 Å². The third kappa shape index (κ3) is 3.28. The Kier molecular flexibility index (Phi) is 4.35. The van der Waals surface area contributed by atoms with Gasteiger partial charge in [0.05, 0.1) is 11.9 Å². The fourth-order valence-corrected chi connectivity index (χ4v) is 3.34. The van der Waals surface area contributed by atoms with Crippen molar-refractivity contribution in [2.45, 2.75) is 18.8 Å². The van der Waals surface area contributed by atoms with Crippen molar-refractivity contribution in [1.29, 1.82) is 0 Å². The summed E-state index contributed by atoms with van der Waals surface area (Å²) in [5.74, 6) is 1.49. The van der Waals surface area contributed by atoms with Gasteiger partial charge in [-0.3, -0.25) is 4.79 Å². The van der Waals surface area contributed by atoms with Crippen LogP contribution >= 0.6 is 0 Å². The molecule has 3 N–H and O–H groups in total. The zero-order valence-electron chi connectivity index (χ0n) is 14.3. The first-order chi connectivity index (χ1) is 12.7. The Hall–Kier alpha value is -3.22.